The van der Waals surface area contributed by atoms with E-state index >= 15 is 0 Å². The largest absolute Gasteiger partial charge is 0.312 e. The van der Waals surface area contributed by atoms with Gasteiger partial charge in [-0.25, -0.2) is 0 Å². The summed E-state index contributed by atoms with van der Waals surface area (Å²) >= 11 is 0. The van der Waals surface area contributed by atoms with Gasteiger partial charge in [0.15, 0.2) is 0 Å². The van der Waals surface area contributed by atoms with Gasteiger partial charge in [0, 0.05) is 43.4 Å². The fraction of sp³-hybridized carbons (Fsp3) is 0.350. The van der Waals surface area contributed by atoms with Crippen LogP contribution in [0.15, 0.2) is 48.7 Å². The van der Waals surface area contributed by atoms with Crippen LogP contribution in [0.5, 0.6) is 0 Å². The first-order chi connectivity index (χ1) is 12.2. The van der Waals surface area contributed by atoms with Crippen LogP contribution in [-0.2, 0) is 11.3 Å². The number of aromatic nitrogens is 1. The summed E-state index contributed by atoms with van der Waals surface area (Å²) < 4.78 is 0. The second-order valence-corrected chi connectivity index (χ2v) is 7.10. The number of nitrogens with zero attached hydrogens (tertiary/aromatic N) is 4. The zero-order valence-electron chi connectivity index (χ0n) is 14.1. The fourth-order valence-electron chi connectivity index (χ4n) is 4.00. The van der Waals surface area contributed by atoms with Gasteiger partial charge in [0.25, 0.3) is 0 Å². The molecule has 1 amide bonds. The normalized spacial score (nSPS) is 23.3. The molecule has 1 spiro atoms. The van der Waals surface area contributed by atoms with Gasteiger partial charge in [-0.3, -0.25) is 14.7 Å². The fourth-order valence-corrected chi connectivity index (χ4v) is 4.00. The summed E-state index contributed by atoms with van der Waals surface area (Å²) in [6.45, 7) is 3.54. The molecular formula is C20H20N4O. The summed E-state index contributed by atoms with van der Waals surface area (Å²) in [6.07, 6.45) is 3.47. The van der Waals surface area contributed by atoms with Gasteiger partial charge in [-0.05, 0) is 49.4 Å². The monoisotopic (exact) mass is 332 g/mol. The molecule has 0 radical (unpaired) electrons. The van der Waals surface area contributed by atoms with Crippen LogP contribution in [0.25, 0.3) is 0 Å². The number of likely N-dealkylation sites (tertiary alicyclic amines) is 1. The van der Waals surface area contributed by atoms with Crippen molar-refractivity contribution in [3.8, 4) is 6.07 Å². The lowest BCUT2D eigenvalue weighted by Gasteiger charge is -2.24. The number of nitriles is 1. The van der Waals surface area contributed by atoms with Crippen molar-refractivity contribution in [1.82, 2.24) is 9.88 Å². The van der Waals surface area contributed by atoms with Gasteiger partial charge < -0.3 is 4.90 Å². The Morgan fingerprint density at radius 3 is 2.72 bits per heavy atom. The molecule has 0 saturated carbocycles. The maximum atomic E-state index is 12.6. The smallest absolute Gasteiger partial charge is 0.227 e. The number of anilines is 1. The maximum absolute atomic E-state index is 12.6. The van der Waals surface area contributed by atoms with Crippen molar-refractivity contribution in [2.75, 3.05) is 24.5 Å². The molecular weight excluding hydrogens is 312 g/mol. The molecule has 0 unspecified atom stereocenters. The van der Waals surface area contributed by atoms with Gasteiger partial charge in [0.1, 0.15) is 0 Å². The van der Waals surface area contributed by atoms with Crippen molar-refractivity contribution in [2.45, 2.75) is 19.4 Å². The second kappa shape index (κ2) is 6.30. The van der Waals surface area contributed by atoms with Crippen LogP contribution in [0.3, 0.4) is 0 Å². The lowest BCUT2D eigenvalue weighted by Crippen LogP contribution is -2.31. The Morgan fingerprint density at radius 1 is 1.16 bits per heavy atom. The highest BCUT2D eigenvalue weighted by molar-refractivity contribution is 5.96. The predicted octanol–water partition coefficient (Wildman–Crippen LogP) is 2.58. The van der Waals surface area contributed by atoms with Crippen LogP contribution < -0.4 is 4.90 Å². The third kappa shape index (κ3) is 3.13. The summed E-state index contributed by atoms with van der Waals surface area (Å²) in [5.74, 6) is 0.185. The highest BCUT2D eigenvalue weighted by Gasteiger charge is 2.47. The van der Waals surface area contributed by atoms with Gasteiger partial charge in [-0.15, -0.1) is 0 Å². The van der Waals surface area contributed by atoms with Crippen molar-refractivity contribution in [3.05, 3.63) is 59.9 Å². The average Bonchev–Trinajstić information content (AvgIpc) is 3.18. The molecule has 2 aliphatic rings. The Balaban J connectivity index is 1.45. The van der Waals surface area contributed by atoms with E-state index in [-0.39, 0.29) is 11.3 Å². The van der Waals surface area contributed by atoms with E-state index in [0.29, 0.717) is 12.0 Å². The standard InChI is InChI=1S/C20H20N4O/c21-12-16-4-6-18(7-5-16)24-15-20(11-19(24)25)8-10-23(14-20)13-17-3-1-2-9-22-17/h1-7,9H,8,10-11,13-15H2/t20-/m1/s1. The Kier molecular flexibility index (Phi) is 3.98. The number of amides is 1. The molecule has 2 aromatic rings. The molecule has 5 nitrogen and oxygen atoms in total. The van der Waals surface area contributed by atoms with Gasteiger partial charge in [0.2, 0.25) is 5.91 Å². The number of benzene rings is 1. The third-order valence-electron chi connectivity index (χ3n) is 5.26. The molecule has 126 valence electrons. The summed E-state index contributed by atoms with van der Waals surface area (Å²) in [7, 11) is 0. The van der Waals surface area contributed by atoms with E-state index in [2.05, 4.69) is 16.0 Å². The number of rotatable bonds is 3. The molecule has 3 heterocycles. The van der Waals surface area contributed by atoms with Crippen molar-refractivity contribution in [1.29, 1.82) is 5.26 Å². The van der Waals surface area contributed by atoms with Crippen LogP contribution in [0.1, 0.15) is 24.1 Å². The quantitative estimate of drug-likeness (QED) is 0.867. The van der Waals surface area contributed by atoms with Crippen LogP contribution >= 0.6 is 0 Å². The highest BCUT2D eigenvalue weighted by atomic mass is 16.2. The highest BCUT2D eigenvalue weighted by Crippen LogP contribution is 2.42. The summed E-state index contributed by atoms with van der Waals surface area (Å²) in [6, 6.07) is 15.4. The zero-order chi connectivity index (χ0) is 17.3. The zero-order valence-corrected chi connectivity index (χ0v) is 14.1. The van der Waals surface area contributed by atoms with Gasteiger partial charge >= 0.3 is 0 Å². The molecule has 1 aromatic carbocycles. The molecule has 0 aliphatic carbocycles. The van der Waals surface area contributed by atoms with E-state index in [0.717, 1.165) is 44.0 Å². The molecule has 1 aromatic heterocycles. The molecule has 1 atom stereocenters. The minimum absolute atomic E-state index is 0.0414. The lowest BCUT2D eigenvalue weighted by molar-refractivity contribution is -0.117. The number of carbonyl (C=O) groups is 1. The van der Waals surface area contributed by atoms with E-state index in [4.69, 9.17) is 5.26 Å². The van der Waals surface area contributed by atoms with Crippen molar-refractivity contribution in [2.24, 2.45) is 5.41 Å². The maximum Gasteiger partial charge on any atom is 0.227 e. The van der Waals surface area contributed by atoms with Gasteiger partial charge in [0.05, 0.1) is 17.3 Å². The first-order valence-corrected chi connectivity index (χ1v) is 8.60. The molecule has 2 saturated heterocycles. The van der Waals surface area contributed by atoms with Crippen LogP contribution in [0, 0.1) is 16.7 Å². The molecule has 2 aliphatic heterocycles. The number of hydrogen-bond acceptors (Lipinski definition) is 4. The molecule has 0 bridgehead atoms. The van der Waals surface area contributed by atoms with Crippen LogP contribution in [0.2, 0.25) is 0 Å². The van der Waals surface area contributed by atoms with Crippen molar-refractivity contribution >= 4 is 11.6 Å². The van der Waals surface area contributed by atoms with Crippen molar-refractivity contribution in [3.63, 3.8) is 0 Å². The number of carbonyl (C=O) groups excluding carboxylic acids is 1. The summed E-state index contributed by atoms with van der Waals surface area (Å²) in [5, 5.41) is 8.92. The van der Waals surface area contributed by atoms with E-state index < -0.39 is 0 Å². The summed E-state index contributed by atoms with van der Waals surface area (Å²) in [5.41, 5.74) is 2.63. The Labute approximate surface area is 147 Å². The SMILES string of the molecule is N#Cc1ccc(N2C[C@]3(CCN(Cc4ccccn4)C3)CC2=O)cc1. The molecule has 5 heteroatoms. The average molecular weight is 332 g/mol. The molecule has 2 fully saturated rings. The lowest BCUT2D eigenvalue weighted by atomic mass is 9.86. The number of pyridine rings is 1. The Hall–Kier alpha value is -2.71. The van der Waals surface area contributed by atoms with Gasteiger partial charge in [-0.2, -0.15) is 5.26 Å². The van der Waals surface area contributed by atoms with E-state index in [1.165, 1.54) is 0 Å². The van der Waals surface area contributed by atoms with Crippen molar-refractivity contribution < 1.29 is 4.79 Å². The predicted molar refractivity (Wildman–Crippen MR) is 94.7 cm³/mol. The molecule has 25 heavy (non-hydrogen) atoms. The number of hydrogen-bond donors (Lipinski definition) is 0. The first kappa shape index (κ1) is 15.8. The Morgan fingerprint density at radius 2 is 2.00 bits per heavy atom. The third-order valence-corrected chi connectivity index (χ3v) is 5.26. The first-order valence-electron chi connectivity index (χ1n) is 8.60. The molecule has 4 rings (SSSR count). The topological polar surface area (TPSA) is 60.2 Å². The second-order valence-electron chi connectivity index (χ2n) is 7.10. The van der Waals surface area contributed by atoms with E-state index in [9.17, 15) is 4.79 Å². The van der Waals surface area contributed by atoms with Crippen LogP contribution in [0.4, 0.5) is 5.69 Å². The Bertz CT molecular complexity index is 812. The minimum atomic E-state index is 0.0414. The van der Waals surface area contributed by atoms with E-state index in [1.54, 1.807) is 12.1 Å². The minimum Gasteiger partial charge on any atom is -0.312 e. The summed E-state index contributed by atoms with van der Waals surface area (Å²) in [4.78, 5) is 21.3. The van der Waals surface area contributed by atoms with E-state index in [1.807, 2.05) is 41.4 Å². The molecule has 0 N–H and O–H groups in total. The van der Waals surface area contributed by atoms with Gasteiger partial charge in [-0.1, -0.05) is 6.07 Å². The van der Waals surface area contributed by atoms with Crippen LogP contribution in [-0.4, -0.2) is 35.4 Å².